The van der Waals surface area contributed by atoms with Crippen LogP contribution in [0.5, 0.6) is 5.75 Å². The van der Waals surface area contributed by atoms with Crippen molar-refractivity contribution in [1.82, 2.24) is 30.1 Å². The number of amides is 1. The summed E-state index contributed by atoms with van der Waals surface area (Å²) in [5.74, 6) is 1.26. The second-order valence-electron chi connectivity index (χ2n) is 11.3. The van der Waals surface area contributed by atoms with Gasteiger partial charge in [0.1, 0.15) is 11.6 Å². The van der Waals surface area contributed by atoms with Crippen molar-refractivity contribution in [2.45, 2.75) is 32.2 Å². The zero-order chi connectivity index (χ0) is 29.6. The standard InChI is InChI=1S/C33H40N8O2/c1-24-22-36-33(37-27-6-8-28(9-7-27)39-18-12-29(13-19-39)40-20-15-34-16-21-40)38-31(24)41-17-11-26(23-41)32(43)35-14-10-25-4-2-3-5-30(25)42/h2-9,11,17,22-23,29,34,42H,10,12-16,18-21H2,1H3,(H,35,43)(H,36,37,38). The number of nitrogens with zero attached hydrogens (tertiary/aromatic N) is 5. The Hall–Kier alpha value is -4.41. The van der Waals surface area contributed by atoms with E-state index in [1.54, 1.807) is 30.6 Å². The van der Waals surface area contributed by atoms with Crippen molar-refractivity contribution >= 4 is 23.2 Å². The van der Waals surface area contributed by atoms with Gasteiger partial charge in [0.15, 0.2) is 0 Å². The van der Waals surface area contributed by atoms with E-state index < -0.39 is 0 Å². The van der Waals surface area contributed by atoms with Gasteiger partial charge in [-0.15, -0.1) is 0 Å². The third-order valence-electron chi connectivity index (χ3n) is 8.44. The van der Waals surface area contributed by atoms with Crippen LogP contribution in [-0.2, 0) is 6.42 Å². The van der Waals surface area contributed by atoms with Crippen molar-refractivity contribution in [2.75, 3.05) is 56.0 Å². The number of benzene rings is 2. The molecule has 2 aromatic heterocycles. The Morgan fingerprint density at radius 1 is 1.02 bits per heavy atom. The van der Waals surface area contributed by atoms with Crippen LogP contribution in [0.15, 0.2) is 73.2 Å². The van der Waals surface area contributed by atoms with E-state index in [1.165, 1.54) is 18.5 Å². The topological polar surface area (TPSA) is 111 Å². The molecule has 0 unspecified atom stereocenters. The van der Waals surface area contributed by atoms with Crippen molar-refractivity contribution in [3.8, 4) is 11.6 Å². The highest BCUT2D eigenvalue weighted by Gasteiger charge is 2.25. The van der Waals surface area contributed by atoms with Crippen LogP contribution < -0.4 is 20.9 Å². The van der Waals surface area contributed by atoms with Crippen LogP contribution in [-0.4, -0.2) is 82.3 Å². The summed E-state index contributed by atoms with van der Waals surface area (Å²) in [6.07, 6.45) is 8.36. The zero-order valence-electron chi connectivity index (χ0n) is 24.7. The lowest BCUT2D eigenvalue weighted by Gasteiger charge is -2.41. The first-order valence-corrected chi connectivity index (χ1v) is 15.2. The number of anilines is 3. The number of piperidine rings is 1. The average molecular weight is 581 g/mol. The smallest absolute Gasteiger partial charge is 0.252 e. The van der Waals surface area contributed by atoms with Gasteiger partial charge in [-0.2, -0.15) is 4.98 Å². The van der Waals surface area contributed by atoms with Crippen LogP contribution in [0.3, 0.4) is 0 Å². The van der Waals surface area contributed by atoms with E-state index >= 15 is 0 Å². The van der Waals surface area contributed by atoms with Gasteiger partial charge in [0.25, 0.3) is 5.91 Å². The fourth-order valence-corrected chi connectivity index (χ4v) is 5.97. The number of hydrogen-bond acceptors (Lipinski definition) is 8. The molecule has 10 heteroatoms. The quantitative estimate of drug-likeness (QED) is 0.236. The molecule has 6 rings (SSSR count). The Morgan fingerprint density at radius 3 is 2.56 bits per heavy atom. The lowest BCUT2D eigenvalue weighted by Crippen LogP contribution is -2.52. The van der Waals surface area contributed by atoms with E-state index in [2.05, 4.69) is 55.0 Å². The highest BCUT2D eigenvalue weighted by molar-refractivity contribution is 5.94. The molecule has 2 saturated heterocycles. The molecule has 4 heterocycles. The molecule has 4 N–H and O–H groups in total. The fourth-order valence-electron chi connectivity index (χ4n) is 5.97. The first-order valence-electron chi connectivity index (χ1n) is 15.2. The summed E-state index contributed by atoms with van der Waals surface area (Å²) < 4.78 is 1.84. The summed E-state index contributed by atoms with van der Waals surface area (Å²) in [4.78, 5) is 27.1. The molecule has 0 atom stereocenters. The van der Waals surface area contributed by atoms with Gasteiger partial charge in [0.05, 0.1) is 5.56 Å². The molecule has 4 aromatic rings. The number of aryl methyl sites for hydroxylation is 1. The van der Waals surface area contributed by atoms with E-state index in [9.17, 15) is 9.90 Å². The van der Waals surface area contributed by atoms with Crippen LogP contribution in [0, 0.1) is 6.92 Å². The lowest BCUT2D eigenvalue weighted by atomic mass is 10.0. The Labute approximate surface area is 252 Å². The van der Waals surface area contributed by atoms with Crippen LogP contribution in [0.1, 0.15) is 34.3 Å². The molecule has 0 saturated carbocycles. The summed E-state index contributed by atoms with van der Waals surface area (Å²) in [6, 6.07) is 18.1. The van der Waals surface area contributed by atoms with Crippen molar-refractivity contribution in [1.29, 1.82) is 0 Å². The molecule has 224 valence electrons. The molecule has 10 nitrogen and oxygen atoms in total. The van der Waals surface area contributed by atoms with Crippen molar-refractivity contribution in [3.63, 3.8) is 0 Å². The predicted octanol–water partition coefficient (Wildman–Crippen LogP) is 3.87. The minimum absolute atomic E-state index is 0.174. The molecule has 2 aliphatic heterocycles. The molecule has 43 heavy (non-hydrogen) atoms. The second-order valence-corrected chi connectivity index (χ2v) is 11.3. The van der Waals surface area contributed by atoms with Crippen LogP contribution in [0.25, 0.3) is 5.82 Å². The first-order chi connectivity index (χ1) is 21.0. The van der Waals surface area contributed by atoms with Crippen molar-refractivity contribution < 1.29 is 9.90 Å². The number of para-hydroxylation sites is 1. The average Bonchev–Trinajstić information content (AvgIpc) is 3.54. The van der Waals surface area contributed by atoms with Gasteiger partial charge in [-0.25, -0.2) is 4.98 Å². The summed E-state index contributed by atoms with van der Waals surface area (Å²) in [7, 11) is 0. The molecule has 0 aliphatic carbocycles. The molecule has 0 bridgehead atoms. The van der Waals surface area contributed by atoms with Crippen LogP contribution >= 0.6 is 0 Å². The Balaban J connectivity index is 1.04. The van der Waals surface area contributed by atoms with Gasteiger partial charge in [-0.3, -0.25) is 9.69 Å². The van der Waals surface area contributed by atoms with E-state index in [0.717, 1.165) is 56.1 Å². The van der Waals surface area contributed by atoms with Crippen LogP contribution in [0.4, 0.5) is 17.3 Å². The normalized spacial score (nSPS) is 16.3. The van der Waals surface area contributed by atoms with Crippen molar-refractivity contribution in [2.24, 2.45) is 0 Å². The molecule has 0 radical (unpaired) electrons. The summed E-state index contributed by atoms with van der Waals surface area (Å²) in [5.41, 5.74) is 4.40. The lowest BCUT2D eigenvalue weighted by molar-refractivity contribution is 0.0954. The Bertz CT molecular complexity index is 1520. The van der Waals surface area contributed by atoms with E-state index in [-0.39, 0.29) is 11.7 Å². The number of nitrogens with one attached hydrogen (secondary N) is 3. The number of carbonyl (C=O) groups is 1. The van der Waals surface area contributed by atoms with E-state index in [4.69, 9.17) is 4.98 Å². The monoisotopic (exact) mass is 580 g/mol. The van der Waals surface area contributed by atoms with Gasteiger partial charge >= 0.3 is 0 Å². The molecule has 1 amide bonds. The fraction of sp³-hybridized carbons (Fsp3) is 0.364. The number of aromatic hydroxyl groups is 1. The maximum Gasteiger partial charge on any atom is 0.252 e. The van der Waals surface area contributed by atoms with Crippen molar-refractivity contribution in [3.05, 3.63) is 89.9 Å². The van der Waals surface area contributed by atoms with E-state index in [0.29, 0.717) is 36.3 Å². The van der Waals surface area contributed by atoms with E-state index in [1.807, 2.05) is 29.8 Å². The SMILES string of the molecule is Cc1cnc(Nc2ccc(N3CCC(N4CCNCC4)CC3)cc2)nc1-n1ccc(C(=O)NCCc2ccccc2O)c1. The zero-order valence-corrected chi connectivity index (χ0v) is 24.7. The summed E-state index contributed by atoms with van der Waals surface area (Å²) in [6.45, 7) is 9.08. The highest BCUT2D eigenvalue weighted by atomic mass is 16.3. The molecule has 2 aromatic carbocycles. The molecule has 2 fully saturated rings. The number of phenols is 1. The Kier molecular flexibility index (Phi) is 8.85. The molecular formula is C33H40N8O2. The number of phenolic OH excluding ortho intramolecular Hbond substituents is 1. The number of hydrogen-bond donors (Lipinski definition) is 4. The third kappa shape index (κ3) is 6.98. The van der Waals surface area contributed by atoms with Gasteiger partial charge in [0.2, 0.25) is 5.95 Å². The van der Waals surface area contributed by atoms with Crippen LogP contribution in [0.2, 0.25) is 0 Å². The number of carbonyl (C=O) groups excluding carboxylic acids is 1. The highest BCUT2D eigenvalue weighted by Crippen LogP contribution is 2.25. The van der Waals surface area contributed by atoms with Gasteiger partial charge in [0, 0.05) is 87.4 Å². The second kappa shape index (κ2) is 13.3. The number of rotatable bonds is 9. The van der Waals surface area contributed by atoms with Gasteiger partial charge in [-0.1, -0.05) is 18.2 Å². The minimum atomic E-state index is -0.174. The molecular weight excluding hydrogens is 540 g/mol. The largest absolute Gasteiger partial charge is 0.508 e. The summed E-state index contributed by atoms with van der Waals surface area (Å²) in [5, 5.41) is 19.7. The Morgan fingerprint density at radius 2 is 1.79 bits per heavy atom. The number of aromatic nitrogens is 3. The third-order valence-corrected chi connectivity index (χ3v) is 8.44. The maximum atomic E-state index is 12.7. The maximum absolute atomic E-state index is 12.7. The number of piperazine rings is 1. The first kappa shape index (κ1) is 28.7. The minimum Gasteiger partial charge on any atom is -0.508 e. The van der Waals surface area contributed by atoms with Gasteiger partial charge in [-0.05, 0) is 68.1 Å². The molecule has 2 aliphatic rings. The molecule has 0 spiro atoms. The summed E-state index contributed by atoms with van der Waals surface area (Å²) >= 11 is 0. The predicted molar refractivity (Wildman–Crippen MR) is 170 cm³/mol. The van der Waals surface area contributed by atoms with Gasteiger partial charge < -0.3 is 30.5 Å².